The molecular weight excluding hydrogens is 386 g/mol. The van der Waals surface area contributed by atoms with Crippen LogP contribution in [0.2, 0.25) is 0 Å². The first kappa shape index (κ1) is 21.0. The molecule has 1 N–H and O–H groups in total. The maximum atomic E-state index is 12.9. The van der Waals surface area contributed by atoms with Gasteiger partial charge in [0.25, 0.3) is 0 Å². The molecule has 0 spiro atoms. The van der Waals surface area contributed by atoms with Gasteiger partial charge in [-0.2, -0.15) is 4.98 Å². The van der Waals surface area contributed by atoms with E-state index in [9.17, 15) is 4.79 Å². The molecule has 7 nitrogen and oxygen atoms in total. The van der Waals surface area contributed by atoms with Crippen LogP contribution in [0.1, 0.15) is 31.9 Å². The van der Waals surface area contributed by atoms with Gasteiger partial charge in [0.05, 0.1) is 5.57 Å². The minimum Gasteiger partial charge on any atom is -0.458 e. The van der Waals surface area contributed by atoms with Crippen molar-refractivity contribution in [2.24, 2.45) is 0 Å². The number of esters is 1. The normalized spacial score (nSPS) is 15.5. The van der Waals surface area contributed by atoms with E-state index >= 15 is 0 Å². The van der Waals surface area contributed by atoms with Crippen molar-refractivity contribution in [2.45, 2.75) is 31.5 Å². The van der Waals surface area contributed by atoms with E-state index in [1.54, 1.807) is 22.5 Å². The molecule has 29 heavy (non-hydrogen) atoms. The van der Waals surface area contributed by atoms with Crippen LogP contribution in [-0.4, -0.2) is 47.2 Å². The average molecular weight is 414 g/mol. The Morgan fingerprint density at radius 2 is 2.10 bits per heavy atom. The summed E-state index contributed by atoms with van der Waals surface area (Å²) in [6, 6.07) is 7.68. The molecule has 0 saturated heterocycles. The summed E-state index contributed by atoms with van der Waals surface area (Å²) in [6.45, 7) is 7.77. The van der Waals surface area contributed by atoms with Crippen molar-refractivity contribution in [3.8, 4) is 0 Å². The van der Waals surface area contributed by atoms with Crippen molar-refractivity contribution in [1.29, 1.82) is 0 Å². The molecule has 0 bridgehead atoms. The highest BCUT2D eigenvalue weighted by Gasteiger charge is 2.35. The molecule has 1 aliphatic heterocycles. The van der Waals surface area contributed by atoms with Gasteiger partial charge in [0.15, 0.2) is 0 Å². The molecule has 0 saturated carbocycles. The molecule has 8 heteroatoms. The fourth-order valence-corrected chi connectivity index (χ4v) is 3.81. The lowest BCUT2D eigenvalue weighted by Gasteiger charge is -2.28. The second-order valence-corrected chi connectivity index (χ2v) is 8.01. The van der Waals surface area contributed by atoms with Crippen LogP contribution in [0.5, 0.6) is 0 Å². The van der Waals surface area contributed by atoms with Gasteiger partial charge in [-0.25, -0.2) is 9.48 Å². The Kier molecular flexibility index (Phi) is 6.64. The van der Waals surface area contributed by atoms with Gasteiger partial charge < -0.3 is 15.0 Å². The third-order valence-corrected chi connectivity index (χ3v) is 5.59. The third kappa shape index (κ3) is 4.48. The van der Waals surface area contributed by atoms with Crippen LogP contribution in [0.4, 0.5) is 11.6 Å². The molecule has 1 aromatic carbocycles. The Bertz CT molecular complexity index is 918. The molecule has 1 aliphatic rings. The molecule has 1 aromatic heterocycles. The second-order valence-electron chi connectivity index (χ2n) is 6.95. The minimum absolute atomic E-state index is 0.156. The van der Waals surface area contributed by atoms with Crippen LogP contribution in [0, 0.1) is 0 Å². The van der Waals surface area contributed by atoms with Crippen LogP contribution in [0.15, 0.2) is 53.3 Å². The van der Waals surface area contributed by atoms with E-state index in [1.165, 1.54) is 0 Å². The number of carbonyl (C=O) groups excluding carboxylic acids is 1. The van der Waals surface area contributed by atoms with Gasteiger partial charge in [0.1, 0.15) is 12.6 Å². The zero-order valence-electron chi connectivity index (χ0n) is 17.3. The monoisotopic (exact) mass is 413 g/mol. The van der Waals surface area contributed by atoms with Gasteiger partial charge in [-0.3, -0.25) is 0 Å². The van der Waals surface area contributed by atoms with Crippen LogP contribution in [-0.2, 0) is 9.53 Å². The van der Waals surface area contributed by atoms with Crippen molar-refractivity contribution in [3.05, 3.63) is 53.8 Å². The molecule has 0 amide bonds. The number of rotatable bonds is 8. The number of benzene rings is 1. The highest BCUT2D eigenvalue weighted by Crippen LogP contribution is 2.37. The fraction of sp³-hybridized carbons (Fsp3) is 0.381. The van der Waals surface area contributed by atoms with Gasteiger partial charge in [-0.1, -0.05) is 43.5 Å². The van der Waals surface area contributed by atoms with Crippen molar-refractivity contribution in [3.63, 3.8) is 0 Å². The first-order valence-electron chi connectivity index (χ1n) is 9.58. The minimum atomic E-state index is -0.414. The number of fused-ring (bicyclic) bond motifs is 1. The predicted octanol–water partition coefficient (Wildman–Crippen LogP) is 3.86. The maximum absolute atomic E-state index is 12.9. The number of nitrogens with zero attached hydrogens (tertiary/aromatic N) is 4. The van der Waals surface area contributed by atoms with E-state index in [4.69, 9.17) is 4.74 Å². The van der Waals surface area contributed by atoms with Gasteiger partial charge in [0.2, 0.25) is 11.1 Å². The summed E-state index contributed by atoms with van der Waals surface area (Å²) in [7, 11) is 3.99. The number of allylic oxidation sites excluding steroid dienone is 1. The molecule has 0 fully saturated rings. The van der Waals surface area contributed by atoms with E-state index in [2.05, 4.69) is 28.9 Å². The van der Waals surface area contributed by atoms with Gasteiger partial charge in [0, 0.05) is 31.2 Å². The van der Waals surface area contributed by atoms with Gasteiger partial charge in [-0.15, -0.1) is 5.10 Å². The van der Waals surface area contributed by atoms with Crippen molar-refractivity contribution >= 4 is 29.4 Å². The molecule has 1 atom stereocenters. The molecule has 2 aromatic rings. The van der Waals surface area contributed by atoms with E-state index in [-0.39, 0.29) is 12.6 Å². The van der Waals surface area contributed by atoms with Gasteiger partial charge >= 0.3 is 5.97 Å². The number of thioether (sulfide) groups is 1. The van der Waals surface area contributed by atoms with Crippen LogP contribution >= 0.6 is 11.8 Å². The quantitative estimate of drug-likeness (QED) is 0.400. The summed E-state index contributed by atoms with van der Waals surface area (Å²) >= 11 is 1.60. The van der Waals surface area contributed by atoms with Gasteiger partial charge in [-0.05, 0) is 31.0 Å². The average Bonchev–Trinajstić information content (AvgIpc) is 3.11. The molecule has 0 aliphatic carbocycles. The topological polar surface area (TPSA) is 72.3 Å². The fourth-order valence-electron chi connectivity index (χ4n) is 3.13. The lowest BCUT2D eigenvalue weighted by molar-refractivity contribution is -0.138. The second kappa shape index (κ2) is 9.17. The maximum Gasteiger partial charge on any atom is 0.338 e. The molecular formula is C21H27N5O2S. The SMILES string of the molecule is C=CCOC(=O)C1=C(C)Nc2nc(SCCC)nn2C1c1ccc(N(C)C)cc1. The summed E-state index contributed by atoms with van der Waals surface area (Å²) < 4.78 is 7.15. The zero-order chi connectivity index (χ0) is 21.0. The predicted molar refractivity (Wildman–Crippen MR) is 117 cm³/mol. The van der Waals surface area contributed by atoms with Crippen molar-refractivity contribution in [1.82, 2.24) is 14.8 Å². The number of ether oxygens (including phenoxy) is 1. The Morgan fingerprint density at radius 3 is 2.72 bits per heavy atom. The smallest absolute Gasteiger partial charge is 0.338 e. The molecule has 3 rings (SSSR count). The number of nitrogens with one attached hydrogen (secondary N) is 1. The summed E-state index contributed by atoms with van der Waals surface area (Å²) in [5.74, 6) is 1.18. The van der Waals surface area contributed by atoms with E-state index < -0.39 is 6.04 Å². The highest BCUT2D eigenvalue weighted by atomic mass is 32.2. The van der Waals surface area contributed by atoms with E-state index in [0.29, 0.717) is 22.4 Å². The third-order valence-electron chi connectivity index (χ3n) is 4.55. The number of hydrogen-bond acceptors (Lipinski definition) is 7. The Labute approximate surface area is 175 Å². The standard InChI is InChI=1S/C21H27N5O2S/c1-6-12-28-19(27)17-14(3)22-20-23-21(29-13-7-2)24-26(20)18(17)15-8-10-16(11-9-15)25(4)5/h6,8-11,18H,1,7,12-13H2,2-5H3,(H,22,23,24). The lowest BCUT2D eigenvalue weighted by atomic mass is 9.95. The van der Waals surface area contributed by atoms with Crippen LogP contribution in [0.3, 0.4) is 0 Å². The molecule has 0 radical (unpaired) electrons. The Balaban J connectivity index is 2.06. The number of anilines is 2. The summed E-state index contributed by atoms with van der Waals surface area (Å²) in [4.78, 5) is 19.5. The largest absolute Gasteiger partial charge is 0.458 e. The Morgan fingerprint density at radius 1 is 1.38 bits per heavy atom. The molecule has 154 valence electrons. The first-order chi connectivity index (χ1) is 14.0. The van der Waals surface area contributed by atoms with Crippen molar-refractivity contribution < 1.29 is 9.53 Å². The number of aromatic nitrogens is 3. The van der Waals surface area contributed by atoms with Crippen molar-refractivity contribution in [2.75, 3.05) is 36.7 Å². The van der Waals surface area contributed by atoms with Crippen LogP contribution < -0.4 is 10.2 Å². The number of carbonyl (C=O) groups is 1. The summed E-state index contributed by atoms with van der Waals surface area (Å²) in [5, 5.41) is 8.59. The molecule has 2 heterocycles. The Hall–Kier alpha value is -2.74. The summed E-state index contributed by atoms with van der Waals surface area (Å²) in [5.41, 5.74) is 3.26. The first-order valence-corrected chi connectivity index (χ1v) is 10.6. The van der Waals surface area contributed by atoms with E-state index in [0.717, 1.165) is 23.4 Å². The highest BCUT2D eigenvalue weighted by molar-refractivity contribution is 7.99. The lowest BCUT2D eigenvalue weighted by Crippen LogP contribution is -2.29. The summed E-state index contributed by atoms with van der Waals surface area (Å²) in [6.07, 6.45) is 2.60. The zero-order valence-corrected chi connectivity index (χ0v) is 18.1. The number of hydrogen-bond donors (Lipinski definition) is 1. The van der Waals surface area contributed by atoms with E-state index in [1.807, 2.05) is 50.2 Å². The van der Waals surface area contributed by atoms with Crippen LogP contribution in [0.25, 0.3) is 0 Å². The molecule has 1 unspecified atom stereocenters.